The van der Waals surface area contributed by atoms with Gasteiger partial charge in [0.05, 0.1) is 13.5 Å². The fourth-order valence-corrected chi connectivity index (χ4v) is 3.00. The molecule has 23 heavy (non-hydrogen) atoms. The molecule has 1 aromatic heterocycles. The predicted molar refractivity (Wildman–Crippen MR) is 86.3 cm³/mol. The highest BCUT2D eigenvalue weighted by Gasteiger charge is 2.37. The number of methoxy groups -OCH3 is 1. The Hall–Kier alpha value is -1.91. The van der Waals surface area contributed by atoms with Crippen LogP contribution in [0.4, 0.5) is 0 Å². The van der Waals surface area contributed by atoms with Gasteiger partial charge in [-0.1, -0.05) is 6.07 Å². The van der Waals surface area contributed by atoms with E-state index >= 15 is 0 Å². The molecule has 1 fully saturated rings. The third-order valence-electron chi connectivity index (χ3n) is 4.18. The molecule has 0 radical (unpaired) electrons. The molecule has 1 saturated carbocycles. The van der Waals surface area contributed by atoms with Crippen molar-refractivity contribution in [2.45, 2.75) is 51.6 Å². The van der Waals surface area contributed by atoms with Crippen LogP contribution >= 0.6 is 0 Å². The van der Waals surface area contributed by atoms with E-state index in [1.165, 1.54) is 0 Å². The van der Waals surface area contributed by atoms with Crippen molar-refractivity contribution in [3.63, 3.8) is 0 Å². The molecule has 0 aromatic carbocycles. The van der Waals surface area contributed by atoms with E-state index in [4.69, 9.17) is 9.47 Å². The van der Waals surface area contributed by atoms with Crippen molar-refractivity contribution in [3.05, 3.63) is 23.9 Å². The van der Waals surface area contributed by atoms with Gasteiger partial charge < -0.3 is 14.3 Å². The molecule has 0 bridgehead atoms. The van der Waals surface area contributed by atoms with Gasteiger partial charge >= 0.3 is 5.97 Å². The molecule has 1 aromatic rings. The number of carbonyl (C=O) groups excluding carboxylic acids is 2. The summed E-state index contributed by atoms with van der Waals surface area (Å²) in [6.07, 6.45) is 4.71. The van der Waals surface area contributed by atoms with Crippen LogP contribution in [-0.4, -0.2) is 30.0 Å². The van der Waals surface area contributed by atoms with Crippen molar-refractivity contribution in [2.24, 2.45) is 11.8 Å². The number of esters is 1. The quantitative estimate of drug-likeness (QED) is 0.595. The van der Waals surface area contributed by atoms with Gasteiger partial charge in [-0.15, -0.1) is 0 Å². The van der Waals surface area contributed by atoms with Crippen molar-refractivity contribution < 1.29 is 19.1 Å². The molecule has 0 spiro atoms. The number of nitrogens with zero attached hydrogens (tertiary/aromatic N) is 1. The Morgan fingerprint density at radius 2 is 2.09 bits per heavy atom. The van der Waals surface area contributed by atoms with Crippen LogP contribution in [0.3, 0.4) is 0 Å². The van der Waals surface area contributed by atoms with Gasteiger partial charge in [0.2, 0.25) is 5.88 Å². The molecular weight excluding hydrogens is 294 g/mol. The Kier molecular flexibility index (Phi) is 5.39. The van der Waals surface area contributed by atoms with Gasteiger partial charge in [0.15, 0.2) is 0 Å². The maximum atomic E-state index is 12.2. The Morgan fingerprint density at radius 3 is 2.57 bits per heavy atom. The van der Waals surface area contributed by atoms with Crippen LogP contribution in [0.2, 0.25) is 0 Å². The lowest BCUT2D eigenvalue weighted by atomic mass is 9.66. The molecule has 1 aliphatic carbocycles. The summed E-state index contributed by atoms with van der Waals surface area (Å²) in [6.45, 7) is 5.59. The number of pyridine rings is 1. The predicted octanol–water partition coefficient (Wildman–Crippen LogP) is 3.13. The first-order valence-electron chi connectivity index (χ1n) is 7.99. The fourth-order valence-electron chi connectivity index (χ4n) is 3.00. The van der Waals surface area contributed by atoms with E-state index in [9.17, 15) is 9.59 Å². The van der Waals surface area contributed by atoms with Gasteiger partial charge in [0.25, 0.3) is 0 Å². The van der Waals surface area contributed by atoms with E-state index in [1.807, 2.05) is 26.8 Å². The van der Waals surface area contributed by atoms with Crippen LogP contribution in [0.25, 0.3) is 0 Å². The van der Waals surface area contributed by atoms with Crippen LogP contribution in [0.15, 0.2) is 18.3 Å². The summed E-state index contributed by atoms with van der Waals surface area (Å²) in [7, 11) is 1.57. The van der Waals surface area contributed by atoms with Crippen molar-refractivity contribution >= 4 is 12.3 Å². The third kappa shape index (κ3) is 4.78. The molecular formula is C18H25NO4. The lowest BCUT2D eigenvalue weighted by Gasteiger charge is -2.38. The van der Waals surface area contributed by atoms with Crippen molar-refractivity contribution in [2.75, 3.05) is 7.11 Å². The molecule has 1 atom stereocenters. The topological polar surface area (TPSA) is 65.5 Å². The summed E-state index contributed by atoms with van der Waals surface area (Å²) in [4.78, 5) is 27.3. The summed E-state index contributed by atoms with van der Waals surface area (Å²) in [6, 6.07) is 3.74. The van der Waals surface area contributed by atoms with Crippen LogP contribution in [0.1, 0.15) is 51.5 Å². The van der Waals surface area contributed by atoms with E-state index in [0.29, 0.717) is 18.2 Å². The van der Waals surface area contributed by atoms with Gasteiger partial charge in [0.1, 0.15) is 11.9 Å². The van der Waals surface area contributed by atoms with Crippen LogP contribution in [-0.2, 0) is 14.3 Å². The van der Waals surface area contributed by atoms with Gasteiger partial charge in [-0.2, -0.15) is 0 Å². The smallest absolute Gasteiger partial charge is 0.306 e. The lowest BCUT2D eigenvalue weighted by molar-refractivity contribution is -0.155. The molecule has 0 aliphatic heterocycles. The second kappa shape index (κ2) is 7.11. The largest absolute Gasteiger partial charge is 0.481 e. The number of hydrogen-bond donors (Lipinski definition) is 0. The molecule has 5 nitrogen and oxygen atoms in total. The summed E-state index contributed by atoms with van der Waals surface area (Å²) in [5, 5.41) is 0. The monoisotopic (exact) mass is 319 g/mol. The summed E-state index contributed by atoms with van der Waals surface area (Å²) in [5.74, 6) is 0.789. The maximum Gasteiger partial charge on any atom is 0.306 e. The van der Waals surface area contributed by atoms with E-state index in [0.717, 1.165) is 24.7 Å². The first kappa shape index (κ1) is 17.4. The van der Waals surface area contributed by atoms with Crippen LogP contribution < -0.4 is 4.74 Å². The Morgan fingerprint density at radius 1 is 1.39 bits per heavy atom. The Labute approximate surface area is 137 Å². The maximum absolute atomic E-state index is 12.2. The van der Waals surface area contributed by atoms with E-state index < -0.39 is 5.60 Å². The molecule has 0 N–H and O–H groups in total. The van der Waals surface area contributed by atoms with E-state index in [-0.39, 0.29) is 17.8 Å². The lowest BCUT2D eigenvalue weighted by Crippen LogP contribution is -2.33. The number of aromatic nitrogens is 1. The summed E-state index contributed by atoms with van der Waals surface area (Å²) < 4.78 is 10.5. The molecule has 0 saturated heterocycles. The molecule has 1 aliphatic rings. The Bertz CT molecular complexity index is 541. The van der Waals surface area contributed by atoms with Gasteiger partial charge in [-0.3, -0.25) is 4.79 Å². The molecule has 126 valence electrons. The molecule has 1 unspecified atom stereocenters. The van der Waals surface area contributed by atoms with Gasteiger partial charge in [-0.05, 0) is 51.0 Å². The first-order valence-corrected chi connectivity index (χ1v) is 7.99. The number of aldehydes is 1. The third-order valence-corrected chi connectivity index (χ3v) is 4.18. The summed E-state index contributed by atoms with van der Waals surface area (Å²) >= 11 is 0. The van der Waals surface area contributed by atoms with Crippen LogP contribution in [0, 0.1) is 11.8 Å². The SMILES string of the molecule is COc1ccc(C(CC(=O)OC(C)(C)C)C2CC(C=O)C2)cn1. The van der Waals surface area contributed by atoms with Crippen molar-refractivity contribution in [3.8, 4) is 5.88 Å². The number of ether oxygens (including phenoxy) is 2. The van der Waals surface area contributed by atoms with Crippen molar-refractivity contribution in [1.82, 2.24) is 4.98 Å². The highest BCUT2D eigenvalue weighted by molar-refractivity contribution is 5.71. The minimum Gasteiger partial charge on any atom is -0.481 e. The standard InChI is InChI=1S/C18H25NO4/c1-18(2,3)23-17(21)9-15(14-7-12(8-14)11-20)13-5-6-16(22-4)19-10-13/h5-6,10-12,14-15H,7-9H2,1-4H3. The zero-order valence-electron chi connectivity index (χ0n) is 14.2. The average Bonchev–Trinajstić information content (AvgIpc) is 2.43. The number of hydrogen-bond acceptors (Lipinski definition) is 5. The highest BCUT2D eigenvalue weighted by Crippen LogP contribution is 2.44. The van der Waals surface area contributed by atoms with E-state index in [1.54, 1.807) is 19.4 Å². The van der Waals surface area contributed by atoms with E-state index in [2.05, 4.69) is 4.98 Å². The van der Waals surface area contributed by atoms with Gasteiger partial charge in [0, 0.05) is 18.2 Å². The zero-order chi connectivity index (χ0) is 17.0. The van der Waals surface area contributed by atoms with Gasteiger partial charge in [-0.25, -0.2) is 4.98 Å². The summed E-state index contributed by atoms with van der Waals surface area (Å²) in [5.41, 5.74) is 0.496. The molecule has 2 rings (SSSR count). The molecule has 0 amide bonds. The number of rotatable bonds is 6. The first-order chi connectivity index (χ1) is 10.8. The average molecular weight is 319 g/mol. The second-order valence-corrected chi connectivity index (χ2v) is 7.16. The Balaban J connectivity index is 2.11. The van der Waals surface area contributed by atoms with Crippen molar-refractivity contribution in [1.29, 1.82) is 0 Å². The number of carbonyl (C=O) groups is 2. The highest BCUT2D eigenvalue weighted by atomic mass is 16.6. The molecule has 1 heterocycles. The zero-order valence-corrected chi connectivity index (χ0v) is 14.2. The van der Waals surface area contributed by atoms with Crippen LogP contribution in [0.5, 0.6) is 5.88 Å². The normalized spacial score (nSPS) is 21.9. The fraction of sp³-hybridized carbons (Fsp3) is 0.611. The minimum atomic E-state index is -0.495. The minimum absolute atomic E-state index is 0.0273. The second-order valence-electron chi connectivity index (χ2n) is 7.16. The molecule has 5 heteroatoms.